The minimum Gasteiger partial charge on any atom is -0.496 e. The van der Waals surface area contributed by atoms with Crippen LogP contribution in [0, 0.1) is 0 Å². The number of nitrogens with one attached hydrogen (secondary N) is 2. The summed E-state index contributed by atoms with van der Waals surface area (Å²) < 4.78 is 6.10. The molecule has 0 aliphatic rings. The maximum atomic E-state index is 12.1. The molecule has 0 bridgehead atoms. The number of carbonyl (C=O) groups excluding carboxylic acids is 2. The molecule has 2 N–H and O–H groups in total. The molecule has 0 heterocycles. The number of carbonyl (C=O) groups is 2. The van der Waals surface area contributed by atoms with E-state index < -0.39 is 0 Å². The predicted octanol–water partition coefficient (Wildman–Crippen LogP) is 3.18. The van der Waals surface area contributed by atoms with Gasteiger partial charge in [-0.3, -0.25) is 9.59 Å². The number of hydrogen-bond donors (Lipinski definition) is 2. The molecule has 0 spiro atoms. The number of hydrazone groups is 1. The van der Waals surface area contributed by atoms with Gasteiger partial charge in [0.15, 0.2) is 0 Å². The van der Waals surface area contributed by atoms with Gasteiger partial charge in [-0.25, -0.2) is 5.43 Å². The lowest BCUT2D eigenvalue weighted by molar-refractivity contribution is -0.114. The fourth-order valence-corrected chi connectivity index (χ4v) is 2.35. The Morgan fingerprint density at radius 2 is 2.00 bits per heavy atom. The first-order chi connectivity index (χ1) is 11.5. The van der Waals surface area contributed by atoms with Gasteiger partial charge in [-0.1, -0.05) is 22.0 Å². The summed E-state index contributed by atoms with van der Waals surface area (Å²) in [6.45, 7) is 1.41. The number of nitrogens with zero attached hydrogens (tertiary/aromatic N) is 1. The highest BCUT2D eigenvalue weighted by Crippen LogP contribution is 2.21. The van der Waals surface area contributed by atoms with Crippen LogP contribution in [-0.4, -0.2) is 25.1 Å². The van der Waals surface area contributed by atoms with E-state index in [4.69, 9.17) is 4.74 Å². The van der Waals surface area contributed by atoms with E-state index in [9.17, 15) is 9.59 Å². The Kier molecular flexibility index (Phi) is 6.08. The van der Waals surface area contributed by atoms with Gasteiger partial charge >= 0.3 is 0 Å². The van der Waals surface area contributed by atoms with Crippen molar-refractivity contribution in [1.29, 1.82) is 0 Å². The molecular formula is C17H16BrN3O3. The second-order valence-electron chi connectivity index (χ2n) is 4.85. The van der Waals surface area contributed by atoms with Crippen LogP contribution < -0.4 is 15.5 Å². The molecule has 0 atom stereocenters. The van der Waals surface area contributed by atoms with Gasteiger partial charge in [0.05, 0.1) is 13.3 Å². The zero-order valence-corrected chi connectivity index (χ0v) is 14.8. The highest BCUT2D eigenvalue weighted by Gasteiger charge is 2.06. The number of hydrogen-bond acceptors (Lipinski definition) is 4. The van der Waals surface area contributed by atoms with Gasteiger partial charge in [-0.05, 0) is 36.4 Å². The topological polar surface area (TPSA) is 79.8 Å². The monoisotopic (exact) mass is 389 g/mol. The van der Waals surface area contributed by atoms with Gasteiger partial charge in [0.2, 0.25) is 5.91 Å². The van der Waals surface area contributed by atoms with Crippen molar-refractivity contribution in [3.05, 3.63) is 58.1 Å². The van der Waals surface area contributed by atoms with Crippen molar-refractivity contribution < 1.29 is 14.3 Å². The largest absolute Gasteiger partial charge is 0.496 e. The molecule has 0 fully saturated rings. The molecule has 0 saturated carbocycles. The van der Waals surface area contributed by atoms with Gasteiger partial charge in [0.25, 0.3) is 5.91 Å². The van der Waals surface area contributed by atoms with E-state index in [1.807, 2.05) is 12.1 Å². The molecule has 0 unspecified atom stereocenters. The van der Waals surface area contributed by atoms with Crippen molar-refractivity contribution in [3.63, 3.8) is 0 Å². The van der Waals surface area contributed by atoms with Crippen LogP contribution in [0.1, 0.15) is 22.8 Å². The number of methoxy groups -OCH3 is 1. The van der Waals surface area contributed by atoms with Crippen molar-refractivity contribution in [1.82, 2.24) is 5.43 Å². The van der Waals surface area contributed by atoms with Crippen LogP contribution in [0.3, 0.4) is 0 Å². The van der Waals surface area contributed by atoms with E-state index >= 15 is 0 Å². The molecule has 0 aromatic heterocycles. The fourth-order valence-electron chi connectivity index (χ4n) is 1.97. The third-order valence-electron chi connectivity index (χ3n) is 3.01. The number of ether oxygens (including phenoxy) is 1. The molecule has 0 aliphatic carbocycles. The highest BCUT2D eigenvalue weighted by molar-refractivity contribution is 9.10. The average Bonchev–Trinajstić information content (AvgIpc) is 2.54. The quantitative estimate of drug-likeness (QED) is 0.608. The molecule has 24 heavy (non-hydrogen) atoms. The van der Waals surface area contributed by atoms with E-state index in [2.05, 4.69) is 31.8 Å². The molecule has 7 heteroatoms. The summed E-state index contributed by atoms with van der Waals surface area (Å²) in [7, 11) is 1.56. The third kappa shape index (κ3) is 4.92. The Bertz CT molecular complexity index is 790. The molecule has 2 aromatic rings. The normalized spacial score (nSPS) is 10.5. The van der Waals surface area contributed by atoms with E-state index in [-0.39, 0.29) is 11.8 Å². The van der Waals surface area contributed by atoms with Crippen LogP contribution in [0.5, 0.6) is 5.75 Å². The van der Waals surface area contributed by atoms with E-state index in [0.29, 0.717) is 17.0 Å². The van der Waals surface area contributed by atoms with Gasteiger partial charge in [-0.2, -0.15) is 5.10 Å². The van der Waals surface area contributed by atoms with Crippen molar-refractivity contribution in [3.8, 4) is 5.75 Å². The smallest absolute Gasteiger partial charge is 0.271 e. The summed E-state index contributed by atoms with van der Waals surface area (Å²) in [6.07, 6.45) is 1.50. The Morgan fingerprint density at radius 1 is 1.21 bits per heavy atom. The lowest BCUT2D eigenvalue weighted by Crippen LogP contribution is -2.18. The fraction of sp³-hybridized carbons (Fsp3) is 0.118. The van der Waals surface area contributed by atoms with Gasteiger partial charge in [0, 0.05) is 28.2 Å². The standard InChI is InChI=1S/C17H16BrN3O3/c1-11(22)20-15-5-3-4-12(9-15)17(23)21-19-10-13-8-14(18)6-7-16(13)24-2/h3-10H,1-2H3,(H,20,22)(H,21,23)/b19-10+. The number of amides is 2. The molecule has 0 saturated heterocycles. The summed E-state index contributed by atoms with van der Waals surface area (Å²) in [5.41, 5.74) is 4.10. The SMILES string of the molecule is COc1ccc(Br)cc1/C=N/NC(=O)c1cccc(NC(C)=O)c1. The molecule has 0 aliphatic heterocycles. The lowest BCUT2D eigenvalue weighted by Gasteiger charge is -2.06. The van der Waals surface area contributed by atoms with E-state index in [0.717, 1.165) is 10.0 Å². The number of benzene rings is 2. The number of anilines is 1. The predicted molar refractivity (Wildman–Crippen MR) is 96.5 cm³/mol. The minimum atomic E-state index is -0.382. The first-order valence-electron chi connectivity index (χ1n) is 7.04. The van der Waals surface area contributed by atoms with Crippen LogP contribution in [-0.2, 0) is 4.79 Å². The summed E-state index contributed by atoms with van der Waals surface area (Å²) in [4.78, 5) is 23.2. The Hall–Kier alpha value is -2.67. The molecule has 6 nitrogen and oxygen atoms in total. The van der Waals surface area contributed by atoms with Gasteiger partial charge in [-0.15, -0.1) is 0 Å². The second kappa shape index (κ2) is 8.26. The average molecular weight is 390 g/mol. The molecule has 2 amide bonds. The number of halogens is 1. The van der Waals surface area contributed by atoms with Crippen molar-refractivity contribution in [2.75, 3.05) is 12.4 Å². The Labute approximate surface area is 148 Å². The Morgan fingerprint density at radius 3 is 2.71 bits per heavy atom. The van der Waals surface area contributed by atoms with Crippen LogP contribution in [0.25, 0.3) is 0 Å². The van der Waals surface area contributed by atoms with E-state index in [1.54, 1.807) is 37.4 Å². The van der Waals surface area contributed by atoms with Crippen molar-refractivity contribution in [2.24, 2.45) is 5.10 Å². The first kappa shape index (κ1) is 17.7. The molecular weight excluding hydrogens is 374 g/mol. The van der Waals surface area contributed by atoms with Crippen LogP contribution in [0.2, 0.25) is 0 Å². The summed E-state index contributed by atoms with van der Waals surface area (Å²) in [5.74, 6) is 0.0589. The number of rotatable bonds is 5. The minimum absolute atomic E-state index is 0.202. The zero-order chi connectivity index (χ0) is 17.5. The summed E-state index contributed by atoms with van der Waals surface area (Å²) >= 11 is 3.37. The van der Waals surface area contributed by atoms with Crippen LogP contribution in [0.4, 0.5) is 5.69 Å². The zero-order valence-electron chi connectivity index (χ0n) is 13.2. The summed E-state index contributed by atoms with van der Waals surface area (Å²) in [6, 6.07) is 12.1. The van der Waals surface area contributed by atoms with Crippen LogP contribution in [0.15, 0.2) is 52.0 Å². The maximum Gasteiger partial charge on any atom is 0.271 e. The molecule has 0 radical (unpaired) electrons. The lowest BCUT2D eigenvalue weighted by atomic mass is 10.2. The van der Waals surface area contributed by atoms with E-state index in [1.165, 1.54) is 13.1 Å². The van der Waals surface area contributed by atoms with Gasteiger partial charge < -0.3 is 10.1 Å². The third-order valence-corrected chi connectivity index (χ3v) is 3.50. The Balaban J connectivity index is 2.08. The van der Waals surface area contributed by atoms with Crippen molar-refractivity contribution >= 4 is 39.6 Å². The molecule has 2 rings (SSSR count). The highest BCUT2D eigenvalue weighted by atomic mass is 79.9. The maximum absolute atomic E-state index is 12.1. The molecule has 2 aromatic carbocycles. The van der Waals surface area contributed by atoms with Crippen molar-refractivity contribution in [2.45, 2.75) is 6.92 Å². The molecule has 124 valence electrons. The second-order valence-corrected chi connectivity index (χ2v) is 5.76. The first-order valence-corrected chi connectivity index (χ1v) is 7.83. The van der Waals surface area contributed by atoms with Crippen LogP contribution >= 0.6 is 15.9 Å². The summed E-state index contributed by atoms with van der Waals surface area (Å²) in [5, 5.41) is 6.57. The van der Waals surface area contributed by atoms with Gasteiger partial charge in [0.1, 0.15) is 5.75 Å².